The SMILES string of the molecule is CCOC=C1N=C(C=Cc2ccccc2)OC1=O. The zero-order valence-electron chi connectivity index (χ0n) is 10.00. The number of cyclic esters (lactones) is 1. The molecule has 0 bridgehead atoms. The molecule has 1 heterocycles. The first-order valence-electron chi connectivity index (χ1n) is 5.65. The van der Waals surface area contributed by atoms with Crippen LogP contribution in [0.15, 0.2) is 53.4 Å². The van der Waals surface area contributed by atoms with E-state index in [-0.39, 0.29) is 11.6 Å². The maximum atomic E-state index is 11.4. The Morgan fingerprint density at radius 3 is 2.78 bits per heavy atom. The Morgan fingerprint density at radius 2 is 2.06 bits per heavy atom. The summed E-state index contributed by atoms with van der Waals surface area (Å²) in [7, 11) is 0. The van der Waals surface area contributed by atoms with E-state index in [2.05, 4.69) is 4.99 Å². The first-order chi connectivity index (χ1) is 8.79. The minimum atomic E-state index is -0.490. The summed E-state index contributed by atoms with van der Waals surface area (Å²) in [6, 6.07) is 9.70. The van der Waals surface area contributed by atoms with Crippen molar-refractivity contribution in [3.05, 3.63) is 53.9 Å². The molecule has 1 aromatic rings. The summed E-state index contributed by atoms with van der Waals surface area (Å²) in [6.45, 7) is 2.32. The fraction of sp³-hybridized carbons (Fsp3) is 0.143. The highest BCUT2D eigenvalue weighted by Crippen LogP contribution is 2.12. The van der Waals surface area contributed by atoms with Crippen LogP contribution < -0.4 is 0 Å². The predicted octanol–water partition coefficient (Wildman–Crippen LogP) is 2.53. The molecule has 0 N–H and O–H groups in total. The number of benzene rings is 1. The van der Waals surface area contributed by atoms with Crippen molar-refractivity contribution in [3.63, 3.8) is 0 Å². The molecule has 0 saturated heterocycles. The molecule has 0 atom stereocenters. The number of aliphatic imine (C=N–C) groups is 1. The van der Waals surface area contributed by atoms with E-state index < -0.39 is 5.97 Å². The number of hydrogen-bond acceptors (Lipinski definition) is 4. The quantitative estimate of drug-likeness (QED) is 0.464. The largest absolute Gasteiger partial charge is 0.499 e. The summed E-state index contributed by atoms with van der Waals surface area (Å²) < 4.78 is 9.97. The Balaban J connectivity index is 2.07. The van der Waals surface area contributed by atoms with E-state index in [0.29, 0.717) is 6.61 Å². The molecule has 1 aliphatic rings. The second kappa shape index (κ2) is 5.82. The molecule has 92 valence electrons. The van der Waals surface area contributed by atoms with Gasteiger partial charge >= 0.3 is 5.97 Å². The highest BCUT2D eigenvalue weighted by atomic mass is 16.6. The molecule has 0 aliphatic carbocycles. The molecule has 4 heteroatoms. The number of carbonyl (C=O) groups excluding carboxylic acids is 1. The Labute approximate surface area is 105 Å². The normalized spacial score (nSPS) is 17.1. The third-order valence-electron chi connectivity index (χ3n) is 2.22. The van der Waals surface area contributed by atoms with E-state index in [9.17, 15) is 4.79 Å². The van der Waals surface area contributed by atoms with Gasteiger partial charge in [0, 0.05) is 6.08 Å². The summed E-state index contributed by atoms with van der Waals surface area (Å²) in [6.07, 6.45) is 4.79. The molecule has 0 spiro atoms. The minimum Gasteiger partial charge on any atom is -0.499 e. The molecule has 0 aromatic heterocycles. The summed E-state index contributed by atoms with van der Waals surface area (Å²) in [5.41, 5.74) is 1.20. The van der Waals surface area contributed by atoms with Crippen LogP contribution >= 0.6 is 0 Å². The summed E-state index contributed by atoms with van der Waals surface area (Å²) in [5, 5.41) is 0. The summed E-state index contributed by atoms with van der Waals surface area (Å²) in [5.74, 6) is -0.217. The highest BCUT2D eigenvalue weighted by molar-refractivity contribution is 6.09. The molecule has 0 fully saturated rings. The topological polar surface area (TPSA) is 47.9 Å². The third-order valence-corrected chi connectivity index (χ3v) is 2.22. The van der Waals surface area contributed by atoms with Crippen LogP contribution in [0.3, 0.4) is 0 Å². The molecule has 1 aliphatic heterocycles. The second-order valence-corrected chi connectivity index (χ2v) is 3.54. The average Bonchev–Trinajstić information content (AvgIpc) is 2.76. The van der Waals surface area contributed by atoms with Crippen LogP contribution in [0.4, 0.5) is 0 Å². The van der Waals surface area contributed by atoms with Gasteiger partial charge in [-0.2, -0.15) is 0 Å². The lowest BCUT2D eigenvalue weighted by Crippen LogP contribution is -2.01. The van der Waals surface area contributed by atoms with Gasteiger partial charge in [-0.25, -0.2) is 9.79 Å². The van der Waals surface area contributed by atoms with Gasteiger partial charge in [0.15, 0.2) is 5.70 Å². The van der Waals surface area contributed by atoms with Crippen molar-refractivity contribution in [1.29, 1.82) is 0 Å². The van der Waals surface area contributed by atoms with Gasteiger partial charge in [0.2, 0.25) is 5.90 Å². The maximum absolute atomic E-state index is 11.4. The van der Waals surface area contributed by atoms with Crippen molar-refractivity contribution < 1.29 is 14.3 Å². The fourth-order valence-corrected chi connectivity index (χ4v) is 1.37. The number of carbonyl (C=O) groups is 1. The van der Waals surface area contributed by atoms with Crippen LogP contribution in [-0.4, -0.2) is 18.5 Å². The van der Waals surface area contributed by atoms with E-state index in [1.54, 1.807) is 6.08 Å². The van der Waals surface area contributed by atoms with Crippen LogP contribution in [0.1, 0.15) is 12.5 Å². The van der Waals surface area contributed by atoms with Gasteiger partial charge in [-0.1, -0.05) is 30.3 Å². The van der Waals surface area contributed by atoms with Crippen molar-refractivity contribution in [3.8, 4) is 0 Å². The number of rotatable bonds is 4. The summed E-state index contributed by atoms with van der Waals surface area (Å²) >= 11 is 0. The van der Waals surface area contributed by atoms with Crippen molar-refractivity contribution in [2.45, 2.75) is 6.92 Å². The van der Waals surface area contributed by atoms with Crippen LogP contribution in [-0.2, 0) is 14.3 Å². The van der Waals surface area contributed by atoms with Gasteiger partial charge < -0.3 is 9.47 Å². The minimum absolute atomic E-state index is 0.185. The Hall–Kier alpha value is -2.36. The molecule has 0 saturated carbocycles. The molecule has 4 nitrogen and oxygen atoms in total. The highest BCUT2D eigenvalue weighted by Gasteiger charge is 2.21. The van der Waals surface area contributed by atoms with Gasteiger partial charge in [0.1, 0.15) is 6.26 Å². The Bertz CT molecular complexity index is 515. The number of hydrogen-bond donors (Lipinski definition) is 0. The smallest absolute Gasteiger partial charge is 0.367 e. The second-order valence-electron chi connectivity index (χ2n) is 3.54. The summed E-state index contributed by atoms with van der Waals surface area (Å²) in [4.78, 5) is 15.4. The van der Waals surface area contributed by atoms with Crippen LogP contribution in [0.25, 0.3) is 6.08 Å². The van der Waals surface area contributed by atoms with Gasteiger partial charge in [-0.15, -0.1) is 0 Å². The molecule has 0 unspecified atom stereocenters. The van der Waals surface area contributed by atoms with E-state index in [1.807, 2.05) is 43.3 Å². The Kier molecular flexibility index (Phi) is 3.91. The maximum Gasteiger partial charge on any atom is 0.367 e. The molecule has 2 rings (SSSR count). The third kappa shape index (κ3) is 3.07. The first-order valence-corrected chi connectivity index (χ1v) is 5.65. The van der Waals surface area contributed by atoms with E-state index in [0.717, 1.165) is 5.56 Å². The van der Waals surface area contributed by atoms with Crippen molar-refractivity contribution in [2.24, 2.45) is 4.99 Å². The van der Waals surface area contributed by atoms with Crippen LogP contribution in [0.5, 0.6) is 0 Å². The average molecular weight is 243 g/mol. The molecular weight excluding hydrogens is 230 g/mol. The standard InChI is InChI=1S/C14H13NO3/c1-2-17-10-12-14(16)18-13(15-12)9-8-11-6-4-3-5-7-11/h3-10H,2H2,1H3. The molecule has 1 aromatic carbocycles. The van der Waals surface area contributed by atoms with Crippen molar-refractivity contribution >= 4 is 17.9 Å². The fourth-order valence-electron chi connectivity index (χ4n) is 1.37. The Morgan fingerprint density at radius 1 is 1.28 bits per heavy atom. The van der Waals surface area contributed by atoms with Crippen LogP contribution in [0.2, 0.25) is 0 Å². The molecule has 18 heavy (non-hydrogen) atoms. The van der Waals surface area contributed by atoms with Gasteiger partial charge in [0.05, 0.1) is 6.61 Å². The lowest BCUT2D eigenvalue weighted by atomic mass is 10.2. The van der Waals surface area contributed by atoms with Gasteiger partial charge in [-0.3, -0.25) is 0 Å². The zero-order chi connectivity index (χ0) is 12.8. The lowest BCUT2D eigenvalue weighted by Gasteiger charge is -1.93. The zero-order valence-corrected chi connectivity index (χ0v) is 10.00. The van der Waals surface area contributed by atoms with E-state index >= 15 is 0 Å². The van der Waals surface area contributed by atoms with Crippen LogP contribution in [0, 0.1) is 0 Å². The molecule has 0 amide bonds. The number of ether oxygens (including phenoxy) is 2. The van der Waals surface area contributed by atoms with E-state index in [1.165, 1.54) is 6.26 Å². The molecular formula is C14H13NO3. The first kappa shape index (κ1) is 12.1. The van der Waals surface area contributed by atoms with Gasteiger partial charge in [0.25, 0.3) is 0 Å². The number of nitrogens with zero attached hydrogens (tertiary/aromatic N) is 1. The monoisotopic (exact) mass is 243 g/mol. The molecule has 0 radical (unpaired) electrons. The number of esters is 1. The predicted molar refractivity (Wildman–Crippen MR) is 68.7 cm³/mol. The van der Waals surface area contributed by atoms with E-state index in [4.69, 9.17) is 9.47 Å². The van der Waals surface area contributed by atoms with Crippen molar-refractivity contribution in [2.75, 3.05) is 6.61 Å². The van der Waals surface area contributed by atoms with Gasteiger partial charge in [-0.05, 0) is 18.6 Å². The lowest BCUT2D eigenvalue weighted by molar-refractivity contribution is -0.130. The van der Waals surface area contributed by atoms with Crippen molar-refractivity contribution in [1.82, 2.24) is 0 Å².